The third-order valence-electron chi connectivity index (χ3n) is 3.13. The standard InChI is InChI=1S/C11H19N3S/c1-9-11(15-8-13-9)7-14-5-3-4-10(6-14)12-2/h8,10,12H,3-7H2,1-2H3. The van der Waals surface area contributed by atoms with Crippen LogP contribution in [0.3, 0.4) is 0 Å². The van der Waals surface area contributed by atoms with Crippen LogP contribution < -0.4 is 5.32 Å². The van der Waals surface area contributed by atoms with Gasteiger partial charge in [-0.05, 0) is 33.4 Å². The molecule has 0 radical (unpaired) electrons. The summed E-state index contributed by atoms with van der Waals surface area (Å²) < 4.78 is 0. The summed E-state index contributed by atoms with van der Waals surface area (Å²) in [5, 5.41) is 3.37. The number of aromatic nitrogens is 1. The van der Waals surface area contributed by atoms with E-state index in [1.165, 1.54) is 36.5 Å². The first-order chi connectivity index (χ1) is 7.29. The number of nitrogens with zero attached hydrogens (tertiary/aromatic N) is 2. The predicted octanol–water partition coefficient (Wildman–Crippen LogP) is 1.64. The lowest BCUT2D eigenvalue weighted by molar-refractivity contribution is 0.189. The third kappa shape index (κ3) is 2.77. The molecule has 1 fully saturated rings. The van der Waals surface area contributed by atoms with Crippen molar-refractivity contribution in [3.05, 3.63) is 16.1 Å². The second-order valence-electron chi connectivity index (χ2n) is 4.22. The second-order valence-corrected chi connectivity index (χ2v) is 5.16. The van der Waals surface area contributed by atoms with Crippen molar-refractivity contribution in [2.75, 3.05) is 20.1 Å². The summed E-state index contributed by atoms with van der Waals surface area (Å²) in [5.41, 5.74) is 3.15. The Hall–Kier alpha value is -0.450. The van der Waals surface area contributed by atoms with E-state index in [2.05, 4.69) is 29.2 Å². The zero-order valence-electron chi connectivity index (χ0n) is 9.49. The lowest BCUT2D eigenvalue weighted by atomic mass is 10.1. The quantitative estimate of drug-likeness (QED) is 0.847. The van der Waals surface area contributed by atoms with Crippen molar-refractivity contribution in [3.63, 3.8) is 0 Å². The monoisotopic (exact) mass is 225 g/mol. The molecule has 2 rings (SSSR count). The van der Waals surface area contributed by atoms with Crippen LogP contribution in [-0.2, 0) is 6.54 Å². The van der Waals surface area contributed by atoms with E-state index in [0.717, 1.165) is 6.54 Å². The van der Waals surface area contributed by atoms with E-state index in [1.807, 2.05) is 5.51 Å². The van der Waals surface area contributed by atoms with Crippen LogP contribution in [0.5, 0.6) is 0 Å². The van der Waals surface area contributed by atoms with Crippen molar-refractivity contribution in [3.8, 4) is 0 Å². The van der Waals surface area contributed by atoms with Crippen LogP contribution in [0, 0.1) is 6.92 Å². The Morgan fingerprint density at radius 2 is 2.53 bits per heavy atom. The molecule has 4 heteroatoms. The molecule has 0 spiro atoms. The molecular formula is C11H19N3S. The molecule has 1 atom stereocenters. The Morgan fingerprint density at radius 1 is 1.67 bits per heavy atom. The average molecular weight is 225 g/mol. The number of piperidine rings is 1. The molecule has 15 heavy (non-hydrogen) atoms. The molecule has 84 valence electrons. The minimum Gasteiger partial charge on any atom is -0.316 e. The average Bonchev–Trinajstić information content (AvgIpc) is 2.65. The van der Waals surface area contributed by atoms with Gasteiger partial charge in [0.05, 0.1) is 11.2 Å². The SMILES string of the molecule is CNC1CCCN(Cc2scnc2C)C1. The molecule has 1 unspecified atom stereocenters. The number of likely N-dealkylation sites (tertiary alicyclic amines) is 1. The highest BCUT2D eigenvalue weighted by Gasteiger charge is 2.19. The Kier molecular flexibility index (Phi) is 3.72. The topological polar surface area (TPSA) is 28.2 Å². The van der Waals surface area contributed by atoms with Gasteiger partial charge >= 0.3 is 0 Å². The van der Waals surface area contributed by atoms with Crippen LogP contribution in [0.4, 0.5) is 0 Å². The largest absolute Gasteiger partial charge is 0.316 e. The van der Waals surface area contributed by atoms with Crippen molar-refractivity contribution in [2.45, 2.75) is 32.4 Å². The van der Waals surface area contributed by atoms with Crippen LogP contribution in [0.1, 0.15) is 23.4 Å². The van der Waals surface area contributed by atoms with Crippen molar-refractivity contribution >= 4 is 11.3 Å². The molecule has 1 N–H and O–H groups in total. The van der Waals surface area contributed by atoms with Gasteiger partial charge in [-0.3, -0.25) is 4.90 Å². The van der Waals surface area contributed by atoms with E-state index in [1.54, 1.807) is 11.3 Å². The fourth-order valence-electron chi connectivity index (χ4n) is 2.12. The molecule has 1 aromatic heterocycles. The van der Waals surface area contributed by atoms with Gasteiger partial charge in [-0.1, -0.05) is 0 Å². The zero-order valence-corrected chi connectivity index (χ0v) is 10.3. The number of hydrogen-bond donors (Lipinski definition) is 1. The maximum Gasteiger partial charge on any atom is 0.0798 e. The summed E-state index contributed by atoms with van der Waals surface area (Å²) in [6.45, 7) is 5.59. The highest BCUT2D eigenvalue weighted by molar-refractivity contribution is 7.09. The van der Waals surface area contributed by atoms with Crippen LogP contribution in [0.2, 0.25) is 0 Å². The third-order valence-corrected chi connectivity index (χ3v) is 4.05. The van der Waals surface area contributed by atoms with Crippen molar-refractivity contribution in [2.24, 2.45) is 0 Å². The first-order valence-corrected chi connectivity index (χ1v) is 6.46. The molecule has 0 aliphatic carbocycles. The fraction of sp³-hybridized carbons (Fsp3) is 0.727. The van der Waals surface area contributed by atoms with E-state index >= 15 is 0 Å². The van der Waals surface area contributed by atoms with Crippen LogP contribution >= 0.6 is 11.3 Å². The highest BCUT2D eigenvalue weighted by Crippen LogP contribution is 2.18. The maximum absolute atomic E-state index is 4.30. The van der Waals surface area contributed by atoms with Gasteiger partial charge in [0.1, 0.15) is 0 Å². The van der Waals surface area contributed by atoms with Crippen LogP contribution in [-0.4, -0.2) is 36.1 Å². The number of hydrogen-bond acceptors (Lipinski definition) is 4. The number of nitrogens with one attached hydrogen (secondary N) is 1. The van der Waals surface area contributed by atoms with Gasteiger partial charge in [0, 0.05) is 24.0 Å². The van der Waals surface area contributed by atoms with Gasteiger partial charge < -0.3 is 5.32 Å². The molecule has 1 aromatic rings. The van der Waals surface area contributed by atoms with Gasteiger partial charge in [0.15, 0.2) is 0 Å². The highest BCUT2D eigenvalue weighted by atomic mass is 32.1. The van der Waals surface area contributed by atoms with Gasteiger partial charge in [-0.25, -0.2) is 4.98 Å². The van der Waals surface area contributed by atoms with E-state index in [9.17, 15) is 0 Å². The zero-order chi connectivity index (χ0) is 10.7. The lowest BCUT2D eigenvalue weighted by Gasteiger charge is -2.32. The number of rotatable bonds is 3. The van der Waals surface area contributed by atoms with E-state index in [0.29, 0.717) is 6.04 Å². The first kappa shape index (κ1) is 11.0. The summed E-state index contributed by atoms with van der Waals surface area (Å²) in [5.74, 6) is 0. The smallest absolute Gasteiger partial charge is 0.0798 e. The Labute approximate surface area is 95.5 Å². The second kappa shape index (κ2) is 5.05. The predicted molar refractivity (Wildman–Crippen MR) is 64.2 cm³/mol. The molecule has 0 amide bonds. The van der Waals surface area contributed by atoms with Crippen molar-refractivity contribution in [1.82, 2.24) is 15.2 Å². The molecule has 1 aliphatic rings. The molecule has 3 nitrogen and oxygen atoms in total. The van der Waals surface area contributed by atoms with E-state index in [-0.39, 0.29) is 0 Å². The summed E-state index contributed by atoms with van der Waals surface area (Å²) in [6, 6.07) is 0.673. The van der Waals surface area contributed by atoms with Gasteiger partial charge in [-0.15, -0.1) is 11.3 Å². The molecular weight excluding hydrogens is 206 g/mol. The van der Waals surface area contributed by atoms with Gasteiger partial charge in [0.2, 0.25) is 0 Å². The number of thiazole rings is 1. The van der Waals surface area contributed by atoms with Crippen molar-refractivity contribution < 1.29 is 0 Å². The Balaban J connectivity index is 1.92. The molecule has 1 aliphatic heterocycles. The normalized spacial score (nSPS) is 23.2. The summed E-state index contributed by atoms with van der Waals surface area (Å²) >= 11 is 1.78. The maximum atomic E-state index is 4.30. The van der Waals surface area contributed by atoms with Gasteiger partial charge in [-0.2, -0.15) is 0 Å². The fourth-order valence-corrected chi connectivity index (χ4v) is 2.93. The molecule has 0 aromatic carbocycles. The Bertz CT molecular complexity index is 311. The van der Waals surface area contributed by atoms with E-state index in [4.69, 9.17) is 0 Å². The number of likely N-dealkylation sites (N-methyl/N-ethyl adjacent to an activating group) is 1. The summed E-state index contributed by atoms with van der Waals surface area (Å²) in [7, 11) is 2.06. The Morgan fingerprint density at radius 3 is 3.20 bits per heavy atom. The number of aryl methyl sites for hydroxylation is 1. The first-order valence-electron chi connectivity index (χ1n) is 5.58. The van der Waals surface area contributed by atoms with E-state index < -0.39 is 0 Å². The summed E-state index contributed by atoms with van der Waals surface area (Å²) in [6.07, 6.45) is 2.62. The van der Waals surface area contributed by atoms with Crippen molar-refractivity contribution in [1.29, 1.82) is 0 Å². The molecule has 1 saturated heterocycles. The van der Waals surface area contributed by atoms with Crippen LogP contribution in [0.15, 0.2) is 5.51 Å². The molecule has 2 heterocycles. The lowest BCUT2D eigenvalue weighted by Crippen LogP contribution is -2.43. The molecule has 0 saturated carbocycles. The van der Waals surface area contributed by atoms with Gasteiger partial charge in [0.25, 0.3) is 0 Å². The summed E-state index contributed by atoms with van der Waals surface area (Å²) in [4.78, 5) is 8.25. The molecule has 0 bridgehead atoms. The minimum atomic E-state index is 0.673. The minimum absolute atomic E-state index is 0.673. The van der Waals surface area contributed by atoms with Crippen LogP contribution in [0.25, 0.3) is 0 Å².